The molecule has 2 atom stereocenters. The highest BCUT2D eigenvalue weighted by molar-refractivity contribution is 5.78. The summed E-state index contributed by atoms with van der Waals surface area (Å²) in [6.07, 6.45) is 1.19. The Morgan fingerprint density at radius 3 is 3.00 bits per heavy atom. The third-order valence-corrected chi connectivity index (χ3v) is 3.84. The third-order valence-electron chi connectivity index (χ3n) is 3.84. The van der Waals surface area contributed by atoms with Crippen molar-refractivity contribution in [1.29, 1.82) is 0 Å². The molecule has 0 aromatic heterocycles. The first kappa shape index (κ1) is 12.8. The van der Waals surface area contributed by atoms with Crippen molar-refractivity contribution in [3.8, 4) is 0 Å². The molecule has 2 N–H and O–H groups in total. The lowest BCUT2D eigenvalue weighted by Gasteiger charge is -2.36. The molecular weight excluding hydrogens is 218 g/mol. The number of nitrogens with two attached hydrogens (primary N) is 1. The minimum atomic E-state index is 0.0759. The number of nitrogens with zero attached hydrogens (tertiary/aromatic N) is 2. The van der Waals surface area contributed by atoms with Gasteiger partial charge in [-0.2, -0.15) is 0 Å². The Labute approximate surface area is 103 Å². The summed E-state index contributed by atoms with van der Waals surface area (Å²) in [5.41, 5.74) is 5.70. The van der Waals surface area contributed by atoms with Crippen molar-refractivity contribution in [2.24, 2.45) is 11.7 Å². The van der Waals surface area contributed by atoms with Crippen LogP contribution in [0.5, 0.6) is 0 Å². The van der Waals surface area contributed by atoms with Crippen molar-refractivity contribution in [2.45, 2.75) is 19.4 Å². The van der Waals surface area contributed by atoms with E-state index in [4.69, 9.17) is 10.5 Å². The SMILES string of the molecule is CCN1CCC(CN2C(=O)COCC2CN)C1. The maximum atomic E-state index is 11.8. The summed E-state index contributed by atoms with van der Waals surface area (Å²) >= 11 is 0. The highest BCUT2D eigenvalue weighted by Crippen LogP contribution is 2.19. The van der Waals surface area contributed by atoms with Crippen LogP contribution in [0, 0.1) is 5.92 Å². The van der Waals surface area contributed by atoms with Crippen LogP contribution in [0.1, 0.15) is 13.3 Å². The number of ether oxygens (including phenoxy) is 1. The van der Waals surface area contributed by atoms with Crippen molar-refractivity contribution >= 4 is 5.91 Å². The van der Waals surface area contributed by atoms with Gasteiger partial charge >= 0.3 is 0 Å². The third kappa shape index (κ3) is 2.97. The minimum absolute atomic E-state index is 0.0759. The second-order valence-electron chi connectivity index (χ2n) is 5.00. The molecule has 0 aromatic rings. The Balaban J connectivity index is 1.89. The summed E-state index contributed by atoms with van der Waals surface area (Å²) in [7, 11) is 0. The van der Waals surface area contributed by atoms with Gasteiger partial charge in [-0.1, -0.05) is 6.92 Å². The molecule has 98 valence electrons. The first-order chi connectivity index (χ1) is 8.24. The van der Waals surface area contributed by atoms with Crippen LogP contribution < -0.4 is 5.73 Å². The van der Waals surface area contributed by atoms with E-state index in [1.807, 2.05) is 4.90 Å². The molecule has 0 radical (unpaired) electrons. The van der Waals surface area contributed by atoms with E-state index in [1.54, 1.807) is 0 Å². The molecule has 0 saturated carbocycles. The molecule has 2 unspecified atom stereocenters. The first-order valence-corrected chi connectivity index (χ1v) is 6.54. The predicted octanol–water partition coefficient (Wildman–Crippen LogP) is -0.486. The molecule has 0 spiro atoms. The second-order valence-corrected chi connectivity index (χ2v) is 5.00. The van der Waals surface area contributed by atoms with Crippen LogP contribution in [0.4, 0.5) is 0 Å². The van der Waals surface area contributed by atoms with Crippen LogP contribution in [-0.4, -0.2) is 67.7 Å². The van der Waals surface area contributed by atoms with Crippen LogP contribution in [0.2, 0.25) is 0 Å². The summed E-state index contributed by atoms with van der Waals surface area (Å²) in [6.45, 7) is 7.72. The van der Waals surface area contributed by atoms with Gasteiger partial charge in [0.15, 0.2) is 0 Å². The summed E-state index contributed by atoms with van der Waals surface area (Å²) in [5, 5.41) is 0. The Kier molecular flexibility index (Phi) is 4.36. The average molecular weight is 241 g/mol. The number of likely N-dealkylation sites (tertiary alicyclic amines) is 1. The molecule has 0 aliphatic carbocycles. The molecule has 5 heteroatoms. The van der Waals surface area contributed by atoms with Gasteiger partial charge in [0.05, 0.1) is 12.6 Å². The lowest BCUT2D eigenvalue weighted by Crippen LogP contribution is -2.54. The number of hydrogen-bond donors (Lipinski definition) is 1. The molecule has 0 aromatic carbocycles. The van der Waals surface area contributed by atoms with Crippen molar-refractivity contribution in [2.75, 3.05) is 45.9 Å². The van der Waals surface area contributed by atoms with Gasteiger partial charge in [-0.25, -0.2) is 0 Å². The van der Waals surface area contributed by atoms with Gasteiger partial charge in [-0.15, -0.1) is 0 Å². The van der Waals surface area contributed by atoms with Crippen LogP contribution in [0.25, 0.3) is 0 Å². The quantitative estimate of drug-likeness (QED) is 0.722. The predicted molar refractivity (Wildman–Crippen MR) is 65.6 cm³/mol. The molecule has 2 heterocycles. The standard InChI is InChI=1S/C12H23N3O2/c1-2-14-4-3-10(6-14)7-15-11(5-13)8-17-9-12(15)16/h10-11H,2-9,13H2,1H3. The molecule has 0 bridgehead atoms. The average Bonchev–Trinajstić information content (AvgIpc) is 2.79. The van der Waals surface area contributed by atoms with Crippen LogP contribution in [0.3, 0.4) is 0 Å². The zero-order valence-electron chi connectivity index (χ0n) is 10.6. The smallest absolute Gasteiger partial charge is 0.248 e. The Morgan fingerprint density at radius 2 is 2.35 bits per heavy atom. The zero-order chi connectivity index (χ0) is 12.3. The molecule has 2 aliphatic heterocycles. The van der Waals surface area contributed by atoms with Gasteiger partial charge in [-0.3, -0.25) is 4.79 Å². The van der Waals surface area contributed by atoms with Gasteiger partial charge in [-0.05, 0) is 25.4 Å². The molecule has 17 heavy (non-hydrogen) atoms. The van der Waals surface area contributed by atoms with Crippen LogP contribution in [0.15, 0.2) is 0 Å². The maximum Gasteiger partial charge on any atom is 0.248 e. The first-order valence-electron chi connectivity index (χ1n) is 6.54. The van der Waals surface area contributed by atoms with Crippen LogP contribution >= 0.6 is 0 Å². The molecule has 2 aliphatic rings. The van der Waals surface area contributed by atoms with Gasteiger partial charge in [0.1, 0.15) is 6.61 Å². The Morgan fingerprint density at radius 1 is 1.53 bits per heavy atom. The van der Waals surface area contributed by atoms with E-state index in [1.165, 1.54) is 6.42 Å². The van der Waals surface area contributed by atoms with E-state index in [0.29, 0.717) is 19.1 Å². The molecule has 1 amide bonds. The number of amides is 1. The number of carbonyl (C=O) groups is 1. The normalized spacial score (nSPS) is 31.2. The Hall–Kier alpha value is -0.650. The Bertz CT molecular complexity index is 272. The fourth-order valence-corrected chi connectivity index (χ4v) is 2.73. The molecule has 2 saturated heterocycles. The van der Waals surface area contributed by atoms with E-state index >= 15 is 0 Å². The van der Waals surface area contributed by atoms with E-state index in [0.717, 1.165) is 26.2 Å². The van der Waals surface area contributed by atoms with E-state index in [9.17, 15) is 4.79 Å². The lowest BCUT2D eigenvalue weighted by atomic mass is 10.1. The molecule has 2 rings (SSSR count). The summed E-state index contributed by atoms with van der Waals surface area (Å²) in [5.74, 6) is 0.702. The summed E-state index contributed by atoms with van der Waals surface area (Å²) in [6, 6.07) is 0.0759. The number of hydrogen-bond acceptors (Lipinski definition) is 4. The largest absolute Gasteiger partial charge is 0.369 e. The number of morpholine rings is 1. The molecular formula is C12H23N3O2. The van der Waals surface area contributed by atoms with E-state index in [-0.39, 0.29) is 18.6 Å². The highest BCUT2D eigenvalue weighted by Gasteiger charge is 2.31. The number of carbonyl (C=O) groups excluding carboxylic acids is 1. The zero-order valence-corrected chi connectivity index (χ0v) is 10.6. The summed E-state index contributed by atoms with van der Waals surface area (Å²) < 4.78 is 5.24. The van der Waals surface area contributed by atoms with Gasteiger partial charge < -0.3 is 20.3 Å². The van der Waals surface area contributed by atoms with E-state index < -0.39 is 0 Å². The van der Waals surface area contributed by atoms with Crippen LogP contribution in [-0.2, 0) is 9.53 Å². The fourth-order valence-electron chi connectivity index (χ4n) is 2.73. The van der Waals surface area contributed by atoms with Crippen molar-refractivity contribution in [3.63, 3.8) is 0 Å². The monoisotopic (exact) mass is 241 g/mol. The van der Waals surface area contributed by atoms with Crippen molar-refractivity contribution < 1.29 is 9.53 Å². The van der Waals surface area contributed by atoms with E-state index in [2.05, 4.69) is 11.8 Å². The maximum absolute atomic E-state index is 11.8. The van der Waals surface area contributed by atoms with Gasteiger partial charge in [0.25, 0.3) is 0 Å². The second kappa shape index (κ2) is 5.80. The number of rotatable bonds is 4. The summed E-state index contributed by atoms with van der Waals surface area (Å²) in [4.78, 5) is 16.2. The van der Waals surface area contributed by atoms with Gasteiger partial charge in [0, 0.05) is 19.6 Å². The topological polar surface area (TPSA) is 58.8 Å². The van der Waals surface area contributed by atoms with Crippen molar-refractivity contribution in [3.05, 3.63) is 0 Å². The fraction of sp³-hybridized carbons (Fsp3) is 0.917. The lowest BCUT2D eigenvalue weighted by molar-refractivity contribution is -0.148. The molecule has 2 fully saturated rings. The minimum Gasteiger partial charge on any atom is -0.369 e. The van der Waals surface area contributed by atoms with Crippen molar-refractivity contribution in [1.82, 2.24) is 9.80 Å². The molecule has 5 nitrogen and oxygen atoms in total. The van der Waals surface area contributed by atoms with Gasteiger partial charge in [0.2, 0.25) is 5.91 Å². The highest BCUT2D eigenvalue weighted by atomic mass is 16.5.